The highest BCUT2D eigenvalue weighted by Gasteiger charge is 2.17. The highest BCUT2D eigenvalue weighted by atomic mass is 32.1. The van der Waals surface area contributed by atoms with Gasteiger partial charge in [0.25, 0.3) is 5.91 Å². The molecule has 1 amide bonds. The van der Waals surface area contributed by atoms with Crippen LogP contribution in [0.2, 0.25) is 0 Å². The number of hydrogen-bond acceptors (Lipinski definition) is 5. The Morgan fingerprint density at radius 3 is 2.92 bits per heavy atom. The van der Waals surface area contributed by atoms with E-state index < -0.39 is 0 Å². The third-order valence-electron chi connectivity index (χ3n) is 3.85. The molecule has 0 unspecified atom stereocenters. The van der Waals surface area contributed by atoms with E-state index in [0.29, 0.717) is 12.1 Å². The fourth-order valence-electron chi connectivity index (χ4n) is 2.56. The second-order valence-corrected chi connectivity index (χ2v) is 6.48. The average Bonchev–Trinajstić information content (AvgIpc) is 3.15. The van der Waals surface area contributed by atoms with Crippen LogP contribution in [-0.4, -0.2) is 22.5 Å². The van der Waals surface area contributed by atoms with Gasteiger partial charge in [0.2, 0.25) is 0 Å². The van der Waals surface area contributed by atoms with Crippen LogP contribution >= 0.6 is 11.3 Å². The number of pyridine rings is 1. The largest absolute Gasteiger partial charge is 0.488 e. The molecule has 0 spiro atoms. The van der Waals surface area contributed by atoms with Gasteiger partial charge in [0.15, 0.2) is 0 Å². The SMILES string of the molecule is O=C(NCc1nc(-c2ccncc2)cs1)C1=Cc2ccccc2OC1. The number of benzene rings is 1. The van der Waals surface area contributed by atoms with Crippen molar-refractivity contribution in [2.75, 3.05) is 6.61 Å². The van der Waals surface area contributed by atoms with Crippen LogP contribution in [0.3, 0.4) is 0 Å². The Morgan fingerprint density at radius 1 is 1.20 bits per heavy atom. The predicted molar refractivity (Wildman–Crippen MR) is 97.1 cm³/mol. The van der Waals surface area contributed by atoms with E-state index in [4.69, 9.17) is 4.74 Å². The van der Waals surface area contributed by atoms with Crippen LogP contribution in [0.15, 0.2) is 59.7 Å². The molecular weight excluding hydrogens is 334 g/mol. The van der Waals surface area contributed by atoms with Crippen molar-refractivity contribution in [3.63, 3.8) is 0 Å². The van der Waals surface area contributed by atoms with Crippen LogP contribution in [0, 0.1) is 0 Å². The van der Waals surface area contributed by atoms with Crippen molar-refractivity contribution in [1.82, 2.24) is 15.3 Å². The van der Waals surface area contributed by atoms with E-state index in [0.717, 1.165) is 27.6 Å². The van der Waals surface area contributed by atoms with Gasteiger partial charge in [0.1, 0.15) is 17.4 Å². The molecule has 0 saturated heterocycles. The summed E-state index contributed by atoms with van der Waals surface area (Å²) in [7, 11) is 0. The Bertz CT molecular complexity index is 935. The summed E-state index contributed by atoms with van der Waals surface area (Å²) in [6.45, 7) is 0.677. The molecule has 2 aromatic heterocycles. The third kappa shape index (κ3) is 3.44. The summed E-state index contributed by atoms with van der Waals surface area (Å²) in [5, 5.41) is 5.75. The van der Waals surface area contributed by atoms with E-state index in [1.165, 1.54) is 11.3 Å². The number of amides is 1. The van der Waals surface area contributed by atoms with Gasteiger partial charge in [-0.05, 0) is 24.3 Å². The smallest absolute Gasteiger partial charge is 0.251 e. The zero-order valence-electron chi connectivity index (χ0n) is 13.3. The molecule has 4 rings (SSSR count). The normalized spacial score (nSPS) is 12.7. The summed E-state index contributed by atoms with van der Waals surface area (Å²) in [6, 6.07) is 11.5. The van der Waals surface area contributed by atoms with E-state index in [1.54, 1.807) is 12.4 Å². The number of thiazole rings is 1. The summed E-state index contributed by atoms with van der Waals surface area (Å²) < 4.78 is 5.62. The van der Waals surface area contributed by atoms with Gasteiger partial charge in [-0.1, -0.05) is 18.2 Å². The average molecular weight is 349 g/mol. The molecule has 1 aromatic carbocycles. The van der Waals surface area contributed by atoms with Gasteiger partial charge in [-0.2, -0.15) is 0 Å². The van der Waals surface area contributed by atoms with Crippen LogP contribution in [0.25, 0.3) is 17.3 Å². The van der Waals surface area contributed by atoms with Crippen LogP contribution in [0.1, 0.15) is 10.6 Å². The van der Waals surface area contributed by atoms with Gasteiger partial charge in [-0.25, -0.2) is 4.98 Å². The van der Waals surface area contributed by atoms with Crippen LogP contribution in [0.5, 0.6) is 5.75 Å². The number of nitrogens with one attached hydrogen (secondary N) is 1. The Balaban J connectivity index is 1.42. The monoisotopic (exact) mass is 349 g/mol. The van der Waals surface area contributed by atoms with E-state index in [2.05, 4.69) is 15.3 Å². The molecule has 1 aliphatic rings. The van der Waals surface area contributed by atoms with E-state index in [1.807, 2.05) is 47.9 Å². The van der Waals surface area contributed by atoms with Gasteiger partial charge < -0.3 is 10.1 Å². The lowest BCUT2D eigenvalue weighted by molar-refractivity contribution is -0.117. The Kier molecular flexibility index (Phi) is 4.26. The first-order chi connectivity index (χ1) is 12.3. The molecule has 0 saturated carbocycles. The van der Waals surface area contributed by atoms with Crippen LogP contribution in [-0.2, 0) is 11.3 Å². The minimum Gasteiger partial charge on any atom is -0.488 e. The van der Waals surface area contributed by atoms with Gasteiger partial charge >= 0.3 is 0 Å². The minimum absolute atomic E-state index is 0.129. The minimum atomic E-state index is -0.129. The lowest BCUT2D eigenvalue weighted by Gasteiger charge is -2.17. The molecule has 124 valence electrons. The summed E-state index contributed by atoms with van der Waals surface area (Å²) in [5.41, 5.74) is 3.45. The molecule has 1 aliphatic heterocycles. The standard InChI is InChI=1S/C19H15N3O2S/c23-19(15-9-14-3-1-2-4-17(14)24-11-15)21-10-18-22-16(12-25-18)13-5-7-20-8-6-13/h1-9,12H,10-11H2,(H,21,23). The first-order valence-corrected chi connectivity index (χ1v) is 8.73. The number of para-hydroxylation sites is 1. The molecule has 1 N–H and O–H groups in total. The maximum atomic E-state index is 12.4. The molecule has 5 nitrogen and oxygen atoms in total. The van der Waals surface area contributed by atoms with Crippen molar-refractivity contribution in [2.24, 2.45) is 0 Å². The second kappa shape index (κ2) is 6.86. The van der Waals surface area contributed by atoms with E-state index in [-0.39, 0.29) is 12.5 Å². The zero-order valence-corrected chi connectivity index (χ0v) is 14.1. The zero-order chi connectivity index (χ0) is 17.1. The maximum absolute atomic E-state index is 12.4. The number of carbonyl (C=O) groups is 1. The second-order valence-electron chi connectivity index (χ2n) is 5.54. The lowest BCUT2D eigenvalue weighted by Crippen LogP contribution is -2.28. The predicted octanol–water partition coefficient (Wildman–Crippen LogP) is 3.30. The number of rotatable bonds is 4. The lowest BCUT2D eigenvalue weighted by atomic mass is 10.1. The van der Waals surface area contributed by atoms with Crippen molar-refractivity contribution in [3.8, 4) is 17.0 Å². The van der Waals surface area contributed by atoms with Crippen LogP contribution in [0.4, 0.5) is 0 Å². The molecule has 0 bridgehead atoms. The molecule has 3 aromatic rings. The van der Waals surface area contributed by atoms with E-state index in [9.17, 15) is 4.79 Å². The van der Waals surface area contributed by atoms with Gasteiger partial charge in [0, 0.05) is 28.9 Å². The fraction of sp³-hybridized carbons (Fsp3) is 0.105. The van der Waals surface area contributed by atoms with Gasteiger partial charge in [-0.3, -0.25) is 9.78 Å². The first-order valence-electron chi connectivity index (χ1n) is 7.85. The summed E-state index contributed by atoms with van der Waals surface area (Å²) in [6.07, 6.45) is 5.35. The van der Waals surface area contributed by atoms with Crippen molar-refractivity contribution in [1.29, 1.82) is 0 Å². The molecule has 25 heavy (non-hydrogen) atoms. The maximum Gasteiger partial charge on any atom is 0.251 e. The number of carbonyl (C=O) groups excluding carboxylic acids is 1. The fourth-order valence-corrected chi connectivity index (χ4v) is 3.31. The quantitative estimate of drug-likeness (QED) is 0.785. The van der Waals surface area contributed by atoms with Crippen molar-refractivity contribution in [2.45, 2.75) is 6.54 Å². The van der Waals surface area contributed by atoms with Gasteiger partial charge in [0.05, 0.1) is 17.8 Å². The molecule has 0 fully saturated rings. The van der Waals surface area contributed by atoms with Gasteiger partial charge in [-0.15, -0.1) is 11.3 Å². The topological polar surface area (TPSA) is 64.1 Å². The molecule has 3 heterocycles. The number of fused-ring (bicyclic) bond motifs is 1. The van der Waals surface area contributed by atoms with Crippen molar-refractivity contribution < 1.29 is 9.53 Å². The highest BCUT2D eigenvalue weighted by Crippen LogP contribution is 2.26. The van der Waals surface area contributed by atoms with E-state index >= 15 is 0 Å². The van der Waals surface area contributed by atoms with Crippen molar-refractivity contribution in [3.05, 3.63) is 70.3 Å². The van der Waals surface area contributed by atoms with Crippen molar-refractivity contribution >= 4 is 23.3 Å². The summed E-state index contributed by atoms with van der Waals surface area (Å²) >= 11 is 1.52. The third-order valence-corrected chi connectivity index (χ3v) is 4.70. The van der Waals surface area contributed by atoms with Crippen LogP contribution < -0.4 is 10.1 Å². The first kappa shape index (κ1) is 15.5. The Hall–Kier alpha value is -2.99. The molecule has 0 aliphatic carbocycles. The molecular formula is C19H15N3O2S. The number of aromatic nitrogens is 2. The molecule has 0 atom stereocenters. The molecule has 0 radical (unpaired) electrons. The Labute approximate surface area is 149 Å². The molecule has 6 heteroatoms. The number of nitrogens with zero attached hydrogens (tertiary/aromatic N) is 2. The Morgan fingerprint density at radius 2 is 2.04 bits per heavy atom. The highest BCUT2D eigenvalue weighted by molar-refractivity contribution is 7.09. The summed E-state index contributed by atoms with van der Waals surface area (Å²) in [4.78, 5) is 20.9. The number of hydrogen-bond donors (Lipinski definition) is 1. The number of ether oxygens (including phenoxy) is 1. The summed E-state index contributed by atoms with van der Waals surface area (Å²) in [5.74, 6) is 0.677.